The van der Waals surface area contributed by atoms with Crippen LogP contribution in [0.15, 0.2) is 0 Å². The lowest BCUT2D eigenvalue weighted by molar-refractivity contribution is 0.225. The minimum Gasteiger partial charge on any atom is -0.312 e. The summed E-state index contributed by atoms with van der Waals surface area (Å²) >= 11 is 0. The first-order chi connectivity index (χ1) is 6.09. The molecule has 0 spiro atoms. The quantitative estimate of drug-likeness (QED) is 0.676. The van der Waals surface area contributed by atoms with Crippen molar-refractivity contribution in [3.8, 4) is 0 Å². The summed E-state index contributed by atoms with van der Waals surface area (Å²) in [4.78, 5) is 2.44. The molecular weight excluding hydrogens is 160 g/mol. The van der Waals surface area contributed by atoms with Crippen molar-refractivity contribution in [1.29, 1.82) is 0 Å². The van der Waals surface area contributed by atoms with Gasteiger partial charge >= 0.3 is 0 Å². The SMILES string of the molecule is CC(C)CN(C)C(C)CNC1CC1. The van der Waals surface area contributed by atoms with Gasteiger partial charge in [0.25, 0.3) is 0 Å². The monoisotopic (exact) mass is 184 g/mol. The van der Waals surface area contributed by atoms with Gasteiger partial charge in [-0.15, -0.1) is 0 Å². The zero-order valence-corrected chi connectivity index (χ0v) is 9.51. The molecule has 0 aliphatic heterocycles. The number of hydrogen-bond donors (Lipinski definition) is 1. The molecule has 13 heavy (non-hydrogen) atoms. The molecule has 0 bridgehead atoms. The van der Waals surface area contributed by atoms with E-state index in [1.54, 1.807) is 0 Å². The number of rotatable bonds is 6. The van der Waals surface area contributed by atoms with E-state index in [0.29, 0.717) is 6.04 Å². The molecule has 1 N–H and O–H groups in total. The number of hydrogen-bond acceptors (Lipinski definition) is 2. The van der Waals surface area contributed by atoms with Crippen LogP contribution in [0.3, 0.4) is 0 Å². The molecule has 0 radical (unpaired) electrons. The molecule has 2 nitrogen and oxygen atoms in total. The van der Waals surface area contributed by atoms with Crippen LogP contribution < -0.4 is 5.32 Å². The first-order valence-electron chi connectivity index (χ1n) is 5.53. The Labute approximate surface area is 82.7 Å². The molecule has 1 atom stereocenters. The second-order valence-corrected chi connectivity index (χ2v) is 4.86. The van der Waals surface area contributed by atoms with Gasteiger partial charge in [0.2, 0.25) is 0 Å². The highest BCUT2D eigenvalue weighted by molar-refractivity contribution is 4.82. The predicted octanol–water partition coefficient (Wildman–Crippen LogP) is 1.71. The fourth-order valence-electron chi connectivity index (χ4n) is 1.54. The molecule has 0 aromatic heterocycles. The fourth-order valence-corrected chi connectivity index (χ4v) is 1.54. The summed E-state index contributed by atoms with van der Waals surface area (Å²) in [7, 11) is 2.22. The highest BCUT2D eigenvalue weighted by atomic mass is 15.1. The van der Waals surface area contributed by atoms with Crippen molar-refractivity contribution in [3.05, 3.63) is 0 Å². The summed E-state index contributed by atoms with van der Waals surface area (Å²) in [6.07, 6.45) is 2.78. The van der Waals surface area contributed by atoms with Gasteiger partial charge in [0, 0.05) is 25.2 Å². The van der Waals surface area contributed by atoms with Crippen molar-refractivity contribution in [1.82, 2.24) is 10.2 Å². The largest absolute Gasteiger partial charge is 0.312 e. The summed E-state index contributed by atoms with van der Waals surface area (Å²) in [5.74, 6) is 0.772. The summed E-state index contributed by atoms with van der Waals surface area (Å²) in [5, 5.41) is 3.57. The predicted molar refractivity (Wildman–Crippen MR) is 58.0 cm³/mol. The van der Waals surface area contributed by atoms with Crippen LogP contribution in [0.5, 0.6) is 0 Å². The molecule has 0 heterocycles. The fraction of sp³-hybridized carbons (Fsp3) is 1.00. The van der Waals surface area contributed by atoms with E-state index in [4.69, 9.17) is 0 Å². The van der Waals surface area contributed by atoms with Crippen molar-refractivity contribution in [2.45, 2.75) is 45.7 Å². The molecule has 0 amide bonds. The third kappa shape index (κ3) is 4.63. The molecule has 0 aromatic rings. The second kappa shape index (κ2) is 4.97. The molecule has 1 fully saturated rings. The van der Waals surface area contributed by atoms with Crippen LogP contribution in [0.2, 0.25) is 0 Å². The van der Waals surface area contributed by atoms with Crippen LogP contribution in [0, 0.1) is 5.92 Å². The van der Waals surface area contributed by atoms with Crippen LogP contribution in [0.4, 0.5) is 0 Å². The summed E-state index contributed by atoms with van der Waals surface area (Å²) in [5.41, 5.74) is 0. The molecule has 0 saturated heterocycles. The van der Waals surface area contributed by atoms with Crippen molar-refractivity contribution in [3.63, 3.8) is 0 Å². The number of nitrogens with zero attached hydrogens (tertiary/aromatic N) is 1. The topological polar surface area (TPSA) is 15.3 Å². The smallest absolute Gasteiger partial charge is 0.0189 e. The molecule has 1 unspecified atom stereocenters. The number of nitrogens with one attached hydrogen (secondary N) is 1. The average molecular weight is 184 g/mol. The first-order valence-corrected chi connectivity index (χ1v) is 5.53. The lowest BCUT2D eigenvalue weighted by atomic mass is 10.2. The van der Waals surface area contributed by atoms with E-state index in [1.807, 2.05) is 0 Å². The normalized spacial score (nSPS) is 19.8. The van der Waals surface area contributed by atoms with Crippen molar-refractivity contribution < 1.29 is 0 Å². The van der Waals surface area contributed by atoms with Crippen molar-refractivity contribution in [2.75, 3.05) is 20.1 Å². The lowest BCUT2D eigenvalue weighted by Gasteiger charge is -2.26. The standard InChI is InChI=1S/C11H24N2/c1-9(2)8-13(4)10(3)7-12-11-5-6-11/h9-12H,5-8H2,1-4H3. The van der Waals surface area contributed by atoms with E-state index in [9.17, 15) is 0 Å². The maximum atomic E-state index is 3.57. The van der Waals surface area contributed by atoms with Crippen LogP contribution in [0.1, 0.15) is 33.6 Å². The van der Waals surface area contributed by atoms with E-state index in [2.05, 4.69) is 38.0 Å². The van der Waals surface area contributed by atoms with Gasteiger partial charge in [-0.3, -0.25) is 0 Å². The van der Waals surface area contributed by atoms with Gasteiger partial charge in [-0.25, -0.2) is 0 Å². The lowest BCUT2D eigenvalue weighted by Crippen LogP contribution is -2.40. The van der Waals surface area contributed by atoms with E-state index in [0.717, 1.165) is 18.5 Å². The van der Waals surface area contributed by atoms with Crippen LogP contribution in [-0.4, -0.2) is 37.1 Å². The van der Waals surface area contributed by atoms with Gasteiger partial charge in [-0.1, -0.05) is 13.8 Å². The molecule has 1 saturated carbocycles. The van der Waals surface area contributed by atoms with Gasteiger partial charge in [0.1, 0.15) is 0 Å². The van der Waals surface area contributed by atoms with Gasteiger partial charge in [0.15, 0.2) is 0 Å². The number of likely N-dealkylation sites (N-methyl/N-ethyl adjacent to an activating group) is 1. The van der Waals surface area contributed by atoms with E-state index in [-0.39, 0.29) is 0 Å². The molecule has 0 aromatic carbocycles. The molecular formula is C11H24N2. The van der Waals surface area contributed by atoms with Crippen molar-refractivity contribution >= 4 is 0 Å². The Kier molecular flexibility index (Phi) is 4.20. The van der Waals surface area contributed by atoms with Gasteiger partial charge in [0.05, 0.1) is 0 Å². The second-order valence-electron chi connectivity index (χ2n) is 4.86. The van der Waals surface area contributed by atoms with Gasteiger partial charge in [-0.05, 0) is 32.7 Å². The molecule has 78 valence electrons. The molecule has 1 aliphatic rings. The maximum Gasteiger partial charge on any atom is 0.0189 e. The van der Waals surface area contributed by atoms with Crippen molar-refractivity contribution in [2.24, 2.45) is 5.92 Å². The Hall–Kier alpha value is -0.0800. The molecule has 1 rings (SSSR count). The molecule has 2 heteroatoms. The summed E-state index contributed by atoms with van der Waals surface area (Å²) < 4.78 is 0. The Balaban J connectivity index is 2.08. The van der Waals surface area contributed by atoms with Crippen LogP contribution >= 0.6 is 0 Å². The minimum atomic E-state index is 0.669. The third-order valence-electron chi connectivity index (χ3n) is 2.68. The Morgan fingerprint density at radius 2 is 1.92 bits per heavy atom. The average Bonchev–Trinajstić information content (AvgIpc) is 2.81. The van der Waals surface area contributed by atoms with E-state index in [1.165, 1.54) is 19.4 Å². The Bertz CT molecular complexity index is 141. The minimum absolute atomic E-state index is 0.669. The Morgan fingerprint density at radius 1 is 1.31 bits per heavy atom. The van der Waals surface area contributed by atoms with Crippen LogP contribution in [0.25, 0.3) is 0 Å². The zero-order valence-electron chi connectivity index (χ0n) is 9.51. The first kappa shape index (κ1) is 11.0. The zero-order chi connectivity index (χ0) is 9.84. The summed E-state index contributed by atoms with van der Waals surface area (Å²) in [6, 6.07) is 1.51. The summed E-state index contributed by atoms with van der Waals surface area (Å²) in [6.45, 7) is 9.20. The van der Waals surface area contributed by atoms with Gasteiger partial charge in [-0.2, -0.15) is 0 Å². The Morgan fingerprint density at radius 3 is 2.38 bits per heavy atom. The van der Waals surface area contributed by atoms with E-state index < -0.39 is 0 Å². The molecule has 1 aliphatic carbocycles. The third-order valence-corrected chi connectivity index (χ3v) is 2.68. The highest BCUT2D eigenvalue weighted by Gasteiger charge is 2.21. The van der Waals surface area contributed by atoms with Crippen LogP contribution in [-0.2, 0) is 0 Å². The maximum absolute atomic E-state index is 3.57. The van der Waals surface area contributed by atoms with Gasteiger partial charge < -0.3 is 10.2 Å². The van der Waals surface area contributed by atoms with E-state index >= 15 is 0 Å². The highest BCUT2D eigenvalue weighted by Crippen LogP contribution is 2.18.